The molecule has 1 aliphatic heterocycles. The quantitative estimate of drug-likeness (QED) is 0.565. The van der Waals surface area contributed by atoms with Crippen molar-refractivity contribution in [2.45, 2.75) is 18.6 Å². The highest BCUT2D eigenvalue weighted by Gasteiger charge is 2.48. The molecule has 4 rings (SSSR count). The molecule has 0 bridgehead atoms. The van der Waals surface area contributed by atoms with E-state index in [1.165, 1.54) is 12.3 Å². The van der Waals surface area contributed by atoms with E-state index in [0.717, 1.165) is 12.3 Å². The van der Waals surface area contributed by atoms with Crippen LogP contribution in [0.4, 0.5) is 19.0 Å². The van der Waals surface area contributed by atoms with Gasteiger partial charge in [0.05, 0.1) is 22.5 Å². The lowest BCUT2D eigenvalue weighted by Crippen LogP contribution is -2.75. The van der Waals surface area contributed by atoms with Gasteiger partial charge in [0.25, 0.3) is 0 Å². The summed E-state index contributed by atoms with van der Waals surface area (Å²) in [5.41, 5.74) is 5.29. The fourth-order valence-electron chi connectivity index (χ4n) is 3.72. The van der Waals surface area contributed by atoms with Crippen molar-refractivity contribution < 1.29 is 18.0 Å². The van der Waals surface area contributed by atoms with Gasteiger partial charge in [-0.3, -0.25) is 9.78 Å². The Morgan fingerprint density at radius 1 is 1.15 bits per heavy atom. The SMILES string of the molecule is CCNC1(C(N)=O)CN(c2cnc(-c3ccc(C(F)(F)F)cn3)c(-c3ccccc3Cl)n2)C1. The van der Waals surface area contributed by atoms with E-state index < -0.39 is 23.2 Å². The average Bonchev–Trinajstić information content (AvgIpc) is 2.75. The van der Waals surface area contributed by atoms with Crippen LogP contribution in [0, 0.1) is 0 Å². The van der Waals surface area contributed by atoms with Crippen LogP contribution in [0.25, 0.3) is 22.6 Å². The lowest BCUT2D eigenvalue weighted by Gasteiger charge is -2.48. The molecule has 1 fully saturated rings. The lowest BCUT2D eigenvalue weighted by molar-refractivity contribution is -0.137. The molecule has 7 nitrogen and oxygen atoms in total. The smallest absolute Gasteiger partial charge is 0.368 e. The Morgan fingerprint density at radius 2 is 1.88 bits per heavy atom. The molecule has 3 heterocycles. The number of carbonyl (C=O) groups is 1. The molecule has 0 saturated carbocycles. The van der Waals surface area contributed by atoms with E-state index in [0.29, 0.717) is 41.7 Å². The molecule has 172 valence electrons. The number of nitrogens with one attached hydrogen (secondary N) is 1. The van der Waals surface area contributed by atoms with Crippen LogP contribution in [0.2, 0.25) is 5.02 Å². The van der Waals surface area contributed by atoms with Crippen molar-refractivity contribution in [3.63, 3.8) is 0 Å². The highest BCUT2D eigenvalue weighted by Crippen LogP contribution is 2.36. The number of benzene rings is 1. The summed E-state index contributed by atoms with van der Waals surface area (Å²) in [7, 11) is 0. The number of carbonyl (C=O) groups excluding carboxylic acids is 1. The second-order valence-corrected chi connectivity index (χ2v) is 8.08. The summed E-state index contributed by atoms with van der Waals surface area (Å²) in [6, 6.07) is 9.15. The fraction of sp³-hybridized carbons (Fsp3) is 0.273. The van der Waals surface area contributed by atoms with Gasteiger partial charge in [0.1, 0.15) is 22.7 Å². The van der Waals surface area contributed by atoms with Gasteiger partial charge >= 0.3 is 6.18 Å². The first-order valence-electron chi connectivity index (χ1n) is 10.1. The summed E-state index contributed by atoms with van der Waals surface area (Å²) in [5, 5.41) is 3.52. The van der Waals surface area contributed by atoms with Crippen molar-refractivity contribution in [3.8, 4) is 22.6 Å². The topological polar surface area (TPSA) is 97.0 Å². The Kier molecular flexibility index (Phi) is 5.98. The predicted octanol–water partition coefficient (Wildman–Crippen LogP) is 3.53. The van der Waals surface area contributed by atoms with Crippen LogP contribution in [0.1, 0.15) is 12.5 Å². The summed E-state index contributed by atoms with van der Waals surface area (Å²) in [6.07, 6.45) is -2.25. The molecule has 1 aliphatic rings. The monoisotopic (exact) mass is 476 g/mol. The van der Waals surface area contributed by atoms with Crippen molar-refractivity contribution in [2.75, 3.05) is 24.5 Å². The van der Waals surface area contributed by atoms with E-state index in [-0.39, 0.29) is 11.4 Å². The molecular weight excluding hydrogens is 457 g/mol. The van der Waals surface area contributed by atoms with Crippen LogP contribution in [0.3, 0.4) is 0 Å². The number of alkyl halides is 3. The third-order valence-electron chi connectivity index (χ3n) is 5.45. The third kappa shape index (κ3) is 4.36. The zero-order valence-electron chi connectivity index (χ0n) is 17.5. The summed E-state index contributed by atoms with van der Waals surface area (Å²) in [6.45, 7) is 3.08. The van der Waals surface area contributed by atoms with Gasteiger partial charge in [0.2, 0.25) is 5.91 Å². The van der Waals surface area contributed by atoms with E-state index in [1.54, 1.807) is 24.3 Å². The highest BCUT2D eigenvalue weighted by atomic mass is 35.5. The minimum atomic E-state index is -4.50. The van der Waals surface area contributed by atoms with Crippen molar-refractivity contribution in [2.24, 2.45) is 5.73 Å². The maximum absolute atomic E-state index is 13.0. The zero-order valence-corrected chi connectivity index (χ0v) is 18.3. The van der Waals surface area contributed by atoms with Gasteiger partial charge in [-0.1, -0.05) is 36.7 Å². The fourth-order valence-corrected chi connectivity index (χ4v) is 3.95. The van der Waals surface area contributed by atoms with Crippen LogP contribution in [0.15, 0.2) is 48.8 Å². The second kappa shape index (κ2) is 8.60. The summed E-state index contributed by atoms with van der Waals surface area (Å²) >= 11 is 6.39. The second-order valence-electron chi connectivity index (χ2n) is 7.67. The molecule has 33 heavy (non-hydrogen) atoms. The van der Waals surface area contributed by atoms with Crippen molar-refractivity contribution in [1.29, 1.82) is 0 Å². The van der Waals surface area contributed by atoms with Crippen LogP contribution in [-0.4, -0.2) is 46.0 Å². The molecule has 1 amide bonds. The number of rotatable bonds is 6. The predicted molar refractivity (Wildman–Crippen MR) is 119 cm³/mol. The molecule has 0 atom stereocenters. The first-order valence-corrected chi connectivity index (χ1v) is 10.5. The molecule has 1 saturated heterocycles. The summed E-state index contributed by atoms with van der Waals surface area (Å²) < 4.78 is 38.9. The maximum Gasteiger partial charge on any atom is 0.417 e. The van der Waals surface area contributed by atoms with E-state index >= 15 is 0 Å². The minimum absolute atomic E-state index is 0.222. The molecule has 11 heteroatoms. The van der Waals surface area contributed by atoms with Crippen LogP contribution in [0.5, 0.6) is 0 Å². The Morgan fingerprint density at radius 3 is 2.45 bits per heavy atom. The lowest BCUT2D eigenvalue weighted by atomic mass is 9.89. The number of hydrogen-bond donors (Lipinski definition) is 2. The van der Waals surface area contributed by atoms with Gasteiger partial charge in [0.15, 0.2) is 0 Å². The molecule has 1 aromatic carbocycles. The average molecular weight is 477 g/mol. The number of hydrogen-bond acceptors (Lipinski definition) is 6. The number of aromatic nitrogens is 3. The van der Waals surface area contributed by atoms with Crippen molar-refractivity contribution in [1.82, 2.24) is 20.3 Å². The molecule has 3 N–H and O–H groups in total. The van der Waals surface area contributed by atoms with E-state index in [1.807, 2.05) is 11.8 Å². The first-order chi connectivity index (χ1) is 15.6. The zero-order chi connectivity index (χ0) is 23.8. The molecule has 2 aromatic heterocycles. The number of pyridine rings is 1. The van der Waals surface area contributed by atoms with Gasteiger partial charge in [-0.2, -0.15) is 13.2 Å². The van der Waals surface area contributed by atoms with Gasteiger partial charge in [0, 0.05) is 24.8 Å². The van der Waals surface area contributed by atoms with Gasteiger partial charge in [-0.15, -0.1) is 0 Å². The van der Waals surface area contributed by atoms with Crippen molar-refractivity contribution >= 4 is 23.3 Å². The number of anilines is 1. The summed E-state index contributed by atoms with van der Waals surface area (Å²) in [5.74, 6) is 0.0285. The largest absolute Gasteiger partial charge is 0.417 e. The van der Waals surface area contributed by atoms with Gasteiger partial charge < -0.3 is 16.0 Å². The molecule has 0 spiro atoms. The standard InChI is InChI=1S/C22H20ClF3N6O/c1-2-30-21(20(27)33)11-32(12-21)17-10-29-19(16-8-7-13(9-28-16)22(24,25)26)18(31-17)14-5-3-4-6-15(14)23/h3-10,30H,2,11-12H2,1H3,(H2,27,33). The maximum atomic E-state index is 13.0. The molecule has 0 aliphatic carbocycles. The highest BCUT2D eigenvalue weighted by molar-refractivity contribution is 6.33. The number of nitrogens with two attached hydrogens (primary N) is 1. The number of halogens is 4. The van der Waals surface area contributed by atoms with Crippen LogP contribution >= 0.6 is 11.6 Å². The Labute approximate surface area is 192 Å². The molecule has 3 aromatic rings. The van der Waals surface area contributed by atoms with E-state index in [2.05, 4.69) is 15.3 Å². The molecular formula is C22H20ClF3N6O. The minimum Gasteiger partial charge on any atom is -0.368 e. The number of amides is 1. The number of nitrogens with zero attached hydrogens (tertiary/aromatic N) is 4. The first kappa shape index (κ1) is 22.9. The normalized spacial score (nSPS) is 15.2. The van der Waals surface area contributed by atoms with Crippen LogP contribution in [-0.2, 0) is 11.0 Å². The van der Waals surface area contributed by atoms with Gasteiger partial charge in [-0.25, -0.2) is 9.97 Å². The molecule has 0 unspecified atom stereocenters. The van der Waals surface area contributed by atoms with Gasteiger partial charge in [-0.05, 0) is 24.7 Å². The number of likely N-dealkylation sites (N-methyl/N-ethyl adjacent to an activating group) is 1. The van der Waals surface area contributed by atoms with Crippen LogP contribution < -0.4 is 16.0 Å². The number of primary amides is 1. The Hall–Kier alpha value is -3.24. The van der Waals surface area contributed by atoms with E-state index in [9.17, 15) is 18.0 Å². The van der Waals surface area contributed by atoms with E-state index in [4.69, 9.17) is 22.3 Å². The Balaban J connectivity index is 1.75. The van der Waals surface area contributed by atoms with Crippen molar-refractivity contribution in [3.05, 3.63) is 59.4 Å². The Bertz CT molecular complexity index is 1180. The third-order valence-corrected chi connectivity index (χ3v) is 5.78. The molecule has 0 radical (unpaired) electrons. The summed E-state index contributed by atoms with van der Waals surface area (Å²) in [4.78, 5) is 26.9.